The van der Waals surface area contributed by atoms with Gasteiger partial charge in [0.2, 0.25) is 0 Å². The number of rotatable bonds is 5. The summed E-state index contributed by atoms with van der Waals surface area (Å²) in [6.45, 7) is 8.78. The predicted octanol–water partition coefficient (Wildman–Crippen LogP) is 1.14. The molecule has 164 valence electrons. The highest BCUT2D eigenvalue weighted by Crippen LogP contribution is 2.11. The molecule has 0 bridgehead atoms. The molecule has 1 amide bonds. The van der Waals surface area contributed by atoms with Gasteiger partial charge in [-0.2, -0.15) is 0 Å². The number of carbonyl (C=O) groups is 1. The van der Waals surface area contributed by atoms with Crippen LogP contribution in [0, 0.1) is 6.92 Å². The lowest BCUT2D eigenvalue weighted by atomic mass is 10.2. The number of ether oxygens (including phenoxy) is 2. The molecule has 3 heterocycles. The number of nitrogens with zero attached hydrogens (tertiary/aromatic N) is 6. The van der Waals surface area contributed by atoms with Gasteiger partial charge in [0.05, 0.1) is 12.7 Å². The minimum absolute atomic E-state index is 0. The Kier molecular flexibility index (Phi) is 9.40. The number of carbonyl (C=O) groups excluding carboxylic acids is 1. The lowest BCUT2D eigenvalue weighted by molar-refractivity contribution is 0.0906. The Morgan fingerprint density at radius 3 is 2.59 bits per heavy atom. The molecule has 0 saturated carbocycles. The average molecular weight is 521 g/mol. The molecule has 29 heavy (non-hydrogen) atoms. The monoisotopic (exact) mass is 521 g/mol. The van der Waals surface area contributed by atoms with Crippen LogP contribution in [0.15, 0.2) is 4.99 Å². The summed E-state index contributed by atoms with van der Waals surface area (Å²) in [6, 6.07) is 0. The molecule has 1 unspecified atom stereocenters. The number of halogens is 1. The molecule has 2 aliphatic heterocycles. The summed E-state index contributed by atoms with van der Waals surface area (Å²) in [7, 11) is 1.94. The van der Waals surface area contributed by atoms with Crippen LogP contribution in [0.2, 0.25) is 0 Å². The summed E-state index contributed by atoms with van der Waals surface area (Å²) in [5.41, 5.74) is 0. The number of piperazine rings is 1. The van der Waals surface area contributed by atoms with Crippen molar-refractivity contribution < 1.29 is 14.3 Å². The van der Waals surface area contributed by atoms with Crippen LogP contribution >= 0.6 is 24.0 Å². The highest BCUT2D eigenvalue weighted by molar-refractivity contribution is 14.0. The number of guanidine groups is 1. The topological polar surface area (TPSA) is 97.1 Å². The second-order valence-corrected chi connectivity index (χ2v) is 7.05. The number of amides is 1. The summed E-state index contributed by atoms with van der Waals surface area (Å²) in [5.74, 6) is 2.50. The number of nitrogens with one attached hydrogen (secondary N) is 1. The lowest BCUT2D eigenvalue weighted by Gasteiger charge is -2.36. The van der Waals surface area contributed by atoms with Gasteiger partial charge in [-0.3, -0.25) is 0 Å². The number of aryl methyl sites for hydroxylation is 1. The first kappa shape index (κ1) is 23.6. The van der Waals surface area contributed by atoms with Gasteiger partial charge in [0.1, 0.15) is 12.4 Å². The maximum absolute atomic E-state index is 11.9. The Morgan fingerprint density at radius 1 is 1.28 bits per heavy atom. The molecule has 1 aromatic heterocycles. The Hall–Kier alpha value is -1.63. The molecule has 2 saturated heterocycles. The van der Waals surface area contributed by atoms with Gasteiger partial charge in [-0.05, 0) is 26.7 Å². The molecule has 10 nitrogen and oxygen atoms in total. The van der Waals surface area contributed by atoms with Crippen LogP contribution in [-0.4, -0.2) is 88.7 Å². The van der Waals surface area contributed by atoms with Gasteiger partial charge < -0.3 is 29.2 Å². The standard InChI is InChI=1S/C18H31N7O3.HI/c1-4-27-18(26)25-9-7-24(8-10-25)17(19-12-15-6-5-11-28-15)20-13-16-22-21-14(2)23(16)3;/h15H,4-13H2,1-3H3,(H,19,20);1H. The minimum Gasteiger partial charge on any atom is -0.450 e. The van der Waals surface area contributed by atoms with E-state index in [0.29, 0.717) is 39.3 Å². The van der Waals surface area contributed by atoms with E-state index in [1.54, 1.807) is 4.90 Å². The van der Waals surface area contributed by atoms with E-state index < -0.39 is 0 Å². The summed E-state index contributed by atoms with van der Waals surface area (Å²) < 4.78 is 12.8. The molecule has 2 fully saturated rings. The van der Waals surface area contributed by atoms with Crippen molar-refractivity contribution in [3.63, 3.8) is 0 Å². The second kappa shape index (κ2) is 11.5. The zero-order valence-electron chi connectivity index (χ0n) is 17.5. The van der Waals surface area contributed by atoms with Crippen LogP contribution < -0.4 is 5.32 Å². The van der Waals surface area contributed by atoms with Gasteiger partial charge in [0, 0.05) is 46.4 Å². The minimum atomic E-state index is -0.248. The van der Waals surface area contributed by atoms with E-state index in [-0.39, 0.29) is 36.2 Å². The van der Waals surface area contributed by atoms with Crippen LogP contribution in [0.5, 0.6) is 0 Å². The fraction of sp³-hybridized carbons (Fsp3) is 0.778. The van der Waals surface area contributed by atoms with Crippen molar-refractivity contribution in [2.24, 2.45) is 12.0 Å². The first-order valence-electron chi connectivity index (χ1n) is 10.00. The third kappa shape index (κ3) is 6.43. The summed E-state index contributed by atoms with van der Waals surface area (Å²) >= 11 is 0. The van der Waals surface area contributed by atoms with E-state index >= 15 is 0 Å². The molecular formula is C18H32IN7O3. The molecule has 0 spiro atoms. The average Bonchev–Trinajstić information content (AvgIpc) is 3.33. The molecule has 1 atom stereocenters. The van der Waals surface area contributed by atoms with Crippen molar-refractivity contribution in [3.8, 4) is 0 Å². The predicted molar refractivity (Wildman–Crippen MR) is 119 cm³/mol. The maximum Gasteiger partial charge on any atom is 0.409 e. The molecule has 0 aliphatic carbocycles. The zero-order chi connectivity index (χ0) is 19.9. The summed E-state index contributed by atoms with van der Waals surface area (Å²) in [5, 5.41) is 11.7. The van der Waals surface area contributed by atoms with E-state index in [0.717, 1.165) is 43.6 Å². The van der Waals surface area contributed by atoms with Crippen LogP contribution in [0.1, 0.15) is 31.4 Å². The van der Waals surface area contributed by atoms with Crippen molar-refractivity contribution in [3.05, 3.63) is 11.6 Å². The third-order valence-electron chi connectivity index (χ3n) is 5.17. The quantitative estimate of drug-likeness (QED) is 0.353. The number of hydrogen-bond donors (Lipinski definition) is 1. The fourth-order valence-corrected chi connectivity index (χ4v) is 3.33. The Bertz CT molecular complexity index is 683. The van der Waals surface area contributed by atoms with Crippen molar-refractivity contribution in [1.29, 1.82) is 0 Å². The van der Waals surface area contributed by atoms with E-state index in [1.165, 1.54) is 0 Å². The second-order valence-electron chi connectivity index (χ2n) is 7.05. The molecule has 0 aromatic carbocycles. The van der Waals surface area contributed by atoms with Crippen molar-refractivity contribution >= 4 is 36.0 Å². The molecule has 1 N–H and O–H groups in total. The Morgan fingerprint density at radius 2 is 2.00 bits per heavy atom. The first-order chi connectivity index (χ1) is 13.6. The molecular weight excluding hydrogens is 489 g/mol. The first-order valence-corrected chi connectivity index (χ1v) is 10.00. The van der Waals surface area contributed by atoms with Gasteiger partial charge in [-0.15, -0.1) is 34.2 Å². The van der Waals surface area contributed by atoms with Crippen LogP contribution in [0.25, 0.3) is 0 Å². The summed E-state index contributed by atoms with van der Waals surface area (Å²) in [4.78, 5) is 20.6. The number of aliphatic imine (C=N–C) groups is 1. The van der Waals surface area contributed by atoms with E-state index in [4.69, 9.17) is 14.5 Å². The summed E-state index contributed by atoms with van der Waals surface area (Å²) in [6.07, 6.45) is 2.15. The Balaban J connectivity index is 0.00000300. The Labute approximate surface area is 189 Å². The SMILES string of the molecule is CCOC(=O)N1CCN(C(=NCc2nnc(C)n2C)NCC2CCCO2)CC1.I. The van der Waals surface area contributed by atoms with Crippen molar-refractivity contribution in [2.45, 2.75) is 39.3 Å². The van der Waals surface area contributed by atoms with Gasteiger partial charge in [0.25, 0.3) is 0 Å². The van der Waals surface area contributed by atoms with Crippen molar-refractivity contribution in [1.82, 2.24) is 29.9 Å². The van der Waals surface area contributed by atoms with Crippen LogP contribution in [-0.2, 0) is 23.1 Å². The molecule has 0 radical (unpaired) electrons. The molecule has 2 aliphatic rings. The van der Waals surface area contributed by atoms with Crippen LogP contribution in [0.4, 0.5) is 4.79 Å². The third-order valence-corrected chi connectivity index (χ3v) is 5.17. The largest absolute Gasteiger partial charge is 0.450 e. The lowest BCUT2D eigenvalue weighted by Crippen LogP contribution is -2.54. The normalized spacial score (nSPS) is 19.8. The highest BCUT2D eigenvalue weighted by atomic mass is 127. The maximum atomic E-state index is 11.9. The van der Waals surface area contributed by atoms with Gasteiger partial charge in [-0.1, -0.05) is 0 Å². The molecule has 3 rings (SSSR count). The van der Waals surface area contributed by atoms with Crippen LogP contribution in [0.3, 0.4) is 0 Å². The van der Waals surface area contributed by atoms with E-state index in [9.17, 15) is 4.79 Å². The smallest absolute Gasteiger partial charge is 0.409 e. The van der Waals surface area contributed by atoms with Crippen molar-refractivity contribution in [2.75, 3.05) is 45.9 Å². The van der Waals surface area contributed by atoms with E-state index in [1.807, 2.05) is 25.5 Å². The van der Waals surface area contributed by atoms with Gasteiger partial charge in [-0.25, -0.2) is 9.79 Å². The van der Waals surface area contributed by atoms with E-state index in [2.05, 4.69) is 20.4 Å². The molecule has 1 aromatic rings. The highest BCUT2D eigenvalue weighted by Gasteiger charge is 2.25. The number of aromatic nitrogens is 3. The zero-order valence-corrected chi connectivity index (χ0v) is 19.8. The fourth-order valence-electron chi connectivity index (χ4n) is 3.33. The van der Waals surface area contributed by atoms with Gasteiger partial charge in [0.15, 0.2) is 11.8 Å². The van der Waals surface area contributed by atoms with Gasteiger partial charge >= 0.3 is 6.09 Å². The number of hydrogen-bond acceptors (Lipinski definition) is 6. The molecule has 11 heteroatoms.